The summed E-state index contributed by atoms with van der Waals surface area (Å²) < 4.78 is 0. The molecule has 1 atom stereocenters. The van der Waals surface area contributed by atoms with Crippen LogP contribution in [0.1, 0.15) is 19.3 Å². The molecule has 1 heterocycles. The first-order valence-corrected chi connectivity index (χ1v) is 5.20. The Bertz CT molecular complexity index is 195. The van der Waals surface area contributed by atoms with Crippen molar-refractivity contribution in [2.75, 3.05) is 33.7 Å². The summed E-state index contributed by atoms with van der Waals surface area (Å²) in [5, 5.41) is 8.58. The van der Waals surface area contributed by atoms with Crippen LogP contribution in [0.15, 0.2) is 0 Å². The van der Waals surface area contributed by atoms with Gasteiger partial charge in [-0.2, -0.15) is 0 Å². The summed E-state index contributed by atoms with van der Waals surface area (Å²) in [6, 6.07) is 0.595. The Morgan fingerprint density at radius 2 is 2.29 bits per heavy atom. The molecule has 4 heteroatoms. The molecule has 0 unspecified atom stereocenters. The number of hydrogen-bond donors (Lipinski definition) is 1. The molecule has 1 aliphatic rings. The maximum absolute atomic E-state index is 10.4. The van der Waals surface area contributed by atoms with Gasteiger partial charge in [-0.25, -0.2) is 0 Å². The van der Waals surface area contributed by atoms with E-state index in [2.05, 4.69) is 23.9 Å². The van der Waals surface area contributed by atoms with Crippen LogP contribution in [-0.4, -0.2) is 60.6 Å². The average Bonchev–Trinajstić information content (AvgIpc) is 2.15. The number of likely N-dealkylation sites (N-methyl/N-ethyl adjacent to an activating group) is 1. The summed E-state index contributed by atoms with van der Waals surface area (Å²) in [6.45, 7) is 2.76. The Hall–Kier alpha value is -0.610. The number of piperidine rings is 1. The fourth-order valence-corrected chi connectivity index (χ4v) is 1.91. The second-order valence-electron chi connectivity index (χ2n) is 4.20. The van der Waals surface area contributed by atoms with Crippen LogP contribution in [0, 0.1) is 0 Å². The summed E-state index contributed by atoms with van der Waals surface area (Å²) >= 11 is 0. The van der Waals surface area contributed by atoms with Crippen molar-refractivity contribution in [2.45, 2.75) is 25.3 Å². The number of carbonyl (C=O) groups is 1. The zero-order valence-corrected chi connectivity index (χ0v) is 9.07. The zero-order valence-electron chi connectivity index (χ0n) is 9.07. The van der Waals surface area contributed by atoms with Crippen molar-refractivity contribution < 1.29 is 9.90 Å². The van der Waals surface area contributed by atoms with E-state index in [4.69, 9.17) is 5.11 Å². The maximum Gasteiger partial charge on any atom is 0.304 e. The highest BCUT2D eigenvalue weighted by atomic mass is 16.4. The number of rotatable bonds is 4. The van der Waals surface area contributed by atoms with Gasteiger partial charge in [0, 0.05) is 19.1 Å². The van der Waals surface area contributed by atoms with Gasteiger partial charge >= 0.3 is 5.97 Å². The van der Waals surface area contributed by atoms with Crippen LogP contribution in [0.2, 0.25) is 0 Å². The van der Waals surface area contributed by atoms with E-state index in [0.29, 0.717) is 12.6 Å². The number of carboxylic acids is 1. The summed E-state index contributed by atoms with van der Waals surface area (Å²) in [7, 11) is 4.18. The van der Waals surface area contributed by atoms with Crippen LogP contribution in [0.3, 0.4) is 0 Å². The van der Waals surface area contributed by atoms with E-state index in [9.17, 15) is 4.79 Å². The van der Waals surface area contributed by atoms with E-state index in [1.807, 2.05) is 0 Å². The van der Waals surface area contributed by atoms with Crippen molar-refractivity contribution in [1.29, 1.82) is 0 Å². The van der Waals surface area contributed by atoms with Crippen LogP contribution in [0.5, 0.6) is 0 Å². The van der Waals surface area contributed by atoms with Gasteiger partial charge in [0.1, 0.15) is 0 Å². The minimum Gasteiger partial charge on any atom is -0.481 e. The Kier molecular flexibility index (Phi) is 4.35. The van der Waals surface area contributed by atoms with Gasteiger partial charge in [-0.05, 0) is 33.5 Å². The highest BCUT2D eigenvalue weighted by molar-refractivity contribution is 5.66. The molecule has 0 aromatic rings. The van der Waals surface area contributed by atoms with E-state index in [0.717, 1.165) is 13.1 Å². The van der Waals surface area contributed by atoms with Crippen molar-refractivity contribution in [3.05, 3.63) is 0 Å². The first-order valence-electron chi connectivity index (χ1n) is 5.20. The highest BCUT2D eigenvalue weighted by Crippen LogP contribution is 2.13. The number of hydrogen-bond acceptors (Lipinski definition) is 3. The van der Waals surface area contributed by atoms with E-state index >= 15 is 0 Å². The van der Waals surface area contributed by atoms with Gasteiger partial charge in [0.05, 0.1) is 6.42 Å². The van der Waals surface area contributed by atoms with Crippen molar-refractivity contribution >= 4 is 5.97 Å². The lowest BCUT2D eigenvalue weighted by atomic mass is 10.0. The van der Waals surface area contributed by atoms with Gasteiger partial charge in [-0.15, -0.1) is 0 Å². The fourth-order valence-electron chi connectivity index (χ4n) is 1.91. The molecule has 0 aromatic carbocycles. The van der Waals surface area contributed by atoms with Gasteiger partial charge in [0.2, 0.25) is 0 Å². The van der Waals surface area contributed by atoms with Crippen LogP contribution >= 0.6 is 0 Å². The van der Waals surface area contributed by atoms with Gasteiger partial charge in [0.15, 0.2) is 0 Å². The Morgan fingerprint density at radius 3 is 2.86 bits per heavy atom. The van der Waals surface area contributed by atoms with Gasteiger partial charge in [-0.3, -0.25) is 4.79 Å². The second kappa shape index (κ2) is 5.32. The fraction of sp³-hybridized carbons (Fsp3) is 0.900. The lowest BCUT2D eigenvalue weighted by Gasteiger charge is -2.35. The lowest BCUT2D eigenvalue weighted by Crippen LogP contribution is -2.45. The quantitative estimate of drug-likeness (QED) is 0.717. The lowest BCUT2D eigenvalue weighted by molar-refractivity contribution is -0.137. The normalized spacial score (nSPS) is 24.1. The molecule has 1 N–H and O–H groups in total. The monoisotopic (exact) mass is 200 g/mol. The smallest absolute Gasteiger partial charge is 0.304 e. The molecule has 0 spiro atoms. The molecular weight excluding hydrogens is 180 g/mol. The molecule has 14 heavy (non-hydrogen) atoms. The van der Waals surface area contributed by atoms with Crippen molar-refractivity contribution in [1.82, 2.24) is 9.80 Å². The molecule has 0 saturated carbocycles. The minimum atomic E-state index is -0.697. The molecule has 0 bridgehead atoms. The highest BCUT2D eigenvalue weighted by Gasteiger charge is 2.21. The molecule has 1 aliphatic heterocycles. The van der Waals surface area contributed by atoms with Gasteiger partial charge in [-0.1, -0.05) is 0 Å². The van der Waals surface area contributed by atoms with Gasteiger partial charge in [0.25, 0.3) is 0 Å². The number of aliphatic carboxylic acids is 1. The first kappa shape index (κ1) is 11.5. The predicted octanol–water partition coefficient (Wildman–Crippen LogP) is 0.487. The molecule has 0 amide bonds. The number of likely N-dealkylation sites (tertiary alicyclic amines) is 1. The molecule has 1 fully saturated rings. The summed E-state index contributed by atoms with van der Waals surface area (Å²) in [5.41, 5.74) is 0. The molecular formula is C10H20N2O2. The molecule has 1 saturated heterocycles. The third-order valence-corrected chi connectivity index (χ3v) is 2.85. The minimum absolute atomic E-state index is 0.264. The van der Waals surface area contributed by atoms with E-state index in [1.165, 1.54) is 12.8 Å². The molecule has 0 aliphatic carbocycles. The largest absolute Gasteiger partial charge is 0.481 e. The number of carboxylic acid groups (broad SMARTS) is 1. The van der Waals surface area contributed by atoms with Crippen molar-refractivity contribution in [3.63, 3.8) is 0 Å². The zero-order chi connectivity index (χ0) is 10.6. The second-order valence-corrected chi connectivity index (χ2v) is 4.20. The molecule has 4 nitrogen and oxygen atoms in total. The average molecular weight is 200 g/mol. The maximum atomic E-state index is 10.4. The standard InChI is InChI=1S/C10H20N2O2/c1-11(2)9-4-3-6-12(8-9)7-5-10(13)14/h9H,3-8H2,1-2H3,(H,13,14)/t9-/m1/s1. The summed E-state index contributed by atoms with van der Waals surface area (Å²) in [5.74, 6) is -0.697. The predicted molar refractivity (Wildman–Crippen MR) is 55.4 cm³/mol. The van der Waals surface area contributed by atoms with Crippen LogP contribution in [0.4, 0.5) is 0 Å². The van der Waals surface area contributed by atoms with E-state index < -0.39 is 5.97 Å². The van der Waals surface area contributed by atoms with Crippen molar-refractivity contribution in [3.8, 4) is 0 Å². The van der Waals surface area contributed by atoms with Gasteiger partial charge < -0.3 is 14.9 Å². The molecule has 82 valence electrons. The molecule has 0 aromatic heterocycles. The molecule has 0 radical (unpaired) electrons. The molecule has 1 rings (SSSR count). The first-order chi connectivity index (χ1) is 6.59. The van der Waals surface area contributed by atoms with Crippen LogP contribution in [-0.2, 0) is 4.79 Å². The van der Waals surface area contributed by atoms with Crippen molar-refractivity contribution in [2.24, 2.45) is 0 Å². The van der Waals surface area contributed by atoms with E-state index in [1.54, 1.807) is 0 Å². The third kappa shape index (κ3) is 3.64. The summed E-state index contributed by atoms with van der Waals surface area (Å²) in [4.78, 5) is 14.9. The third-order valence-electron chi connectivity index (χ3n) is 2.85. The summed E-state index contributed by atoms with van der Waals surface area (Å²) in [6.07, 6.45) is 2.68. The van der Waals surface area contributed by atoms with E-state index in [-0.39, 0.29) is 6.42 Å². The number of nitrogens with zero attached hydrogens (tertiary/aromatic N) is 2. The van der Waals surface area contributed by atoms with Crippen LogP contribution < -0.4 is 0 Å². The Morgan fingerprint density at radius 1 is 1.57 bits per heavy atom. The van der Waals surface area contributed by atoms with Crippen LogP contribution in [0.25, 0.3) is 0 Å². The topological polar surface area (TPSA) is 43.8 Å². The Labute approximate surface area is 85.5 Å². The Balaban J connectivity index is 2.29. The SMILES string of the molecule is CN(C)[C@@H]1CCCN(CCC(=O)O)C1.